The molecule has 1 aromatic rings. The van der Waals surface area contributed by atoms with Crippen LogP contribution >= 0.6 is 0 Å². The van der Waals surface area contributed by atoms with Crippen molar-refractivity contribution in [1.29, 1.82) is 5.26 Å². The van der Waals surface area contributed by atoms with Crippen molar-refractivity contribution in [2.45, 2.75) is 6.42 Å². The number of nitriles is 1. The average Bonchev–Trinajstić information content (AvgIpc) is 2.46. The summed E-state index contributed by atoms with van der Waals surface area (Å²) in [5, 5.41) is 22.5. The number of ether oxygens (including phenoxy) is 1. The van der Waals surface area contributed by atoms with Crippen molar-refractivity contribution in [2.24, 2.45) is 0 Å². The highest BCUT2D eigenvalue weighted by molar-refractivity contribution is 5.58. The van der Waals surface area contributed by atoms with Crippen LogP contribution in [0.1, 0.15) is 6.42 Å². The van der Waals surface area contributed by atoms with E-state index in [1.165, 1.54) is 7.11 Å². The smallest absolute Gasteiger partial charge is 0.329 e. The minimum absolute atomic E-state index is 0.182. The maximum absolute atomic E-state index is 11.1. The third kappa shape index (κ3) is 4.03. The van der Waals surface area contributed by atoms with Gasteiger partial charge in [0.05, 0.1) is 24.0 Å². The summed E-state index contributed by atoms with van der Waals surface area (Å²) in [5.41, 5.74) is -0.196. The summed E-state index contributed by atoms with van der Waals surface area (Å²) in [6, 6.07) is 2.01. The van der Waals surface area contributed by atoms with E-state index in [0.717, 1.165) is 6.20 Å². The Labute approximate surface area is 116 Å². The highest BCUT2D eigenvalue weighted by atomic mass is 16.6. The molecule has 0 spiro atoms. The summed E-state index contributed by atoms with van der Waals surface area (Å²) in [5.74, 6) is 0.464. The SMILES string of the molecule is CNc1ncc([N+](=O)[O-])c(N(CCC#N)CCOC)n1. The number of nitro groups is 1. The van der Waals surface area contributed by atoms with Crippen LogP contribution in [0.5, 0.6) is 0 Å². The fourth-order valence-corrected chi connectivity index (χ4v) is 1.56. The highest BCUT2D eigenvalue weighted by Gasteiger charge is 2.22. The first-order valence-electron chi connectivity index (χ1n) is 5.94. The zero-order valence-electron chi connectivity index (χ0n) is 11.4. The molecule has 0 unspecified atom stereocenters. The summed E-state index contributed by atoms with van der Waals surface area (Å²) >= 11 is 0. The van der Waals surface area contributed by atoms with Crippen LogP contribution in [0.25, 0.3) is 0 Å². The molecule has 1 aromatic heterocycles. The van der Waals surface area contributed by atoms with Gasteiger partial charge in [0.25, 0.3) is 0 Å². The second kappa shape index (κ2) is 7.85. The fourth-order valence-electron chi connectivity index (χ4n) is 1.56. The van der Waals surface area contributed by atoms with Crippen LogP contribution < -0.4 is 10.2 Å². The van der Waals surface area contributed by atoms with Gasteiger partial charge in [-0.25, -0.2) is 4.98 Å². The summed E-state index contributed by atoms with van der Waals surface area (Å²) in [6.45, 7) is 1.11. The van der Waals surface area contributed by atoms with Gasteiger partial charge in [0.1, 0.15) is 6.20 Å². The van der Waals surface area contributed by atoms with E-state index < -0.39 is 4.92 Å². The van der Waals surface area contributed by atoms with Crippen molar-refractivity contribution < 1.29 is 9.66 Å². The summed E-state index contributed by atoms with van der Waals surface area (Å²) in [7, 11) is 3.16. The molecule has 1 heterocycles. The monoisotopic (exact) mass is 280 g/mol. The molecule has 0 aliphatic heterocycles. The van der Waals surface area contributed by atoms with Crippen molar-refractivity contribution >= 4 is 17.5 Å². The molecule has 0 saturated carbocycles. The van der Waals surface area contributed by atoms with Gasteiger partial charge in [-0.1, -0.05) is 0 Å². The Balaban J connectivity index is 3.13. The molecular formula is C11H16N6O3. The van der Waals surface area contributed by atoms with Crippen LogP contribution in [0, 0.1) is 21.4 Å². The number of hydrogen-bond donors (Lipinski definition) is 1. The van der Waals surface area contributed by atoms with Gasteiger partial charge in [0, 0.05) is 27.2 Å². The first-order chi connectivity index (χ1) is 9.63. The zero-order chi connectivity index (χ0) is 15.0. The first kappa shape index (κ1) is 15.6. The normalized spacial score (nSPS) is 9.85. The lowest BCUT2D eigenvalue weighted by molar-refractivity contribution is -0.384. The predicted molar refractivity (Wildman–Crippen MR) is 72.6 cm³/mol. The van der Waals surface area contributed by atoms with E-state index in [0.29, 0.717) is 19.7 Å². The van der Waals surface area contributed by atoms with Gasteiger partial charge >= 0.3 is 5.69 Å². The largest absolute Gasteiger partial charge is 0.383 e. The van der Waals surface area contributed by atoms with Crippen LogP contribution in [0.4, 0.5) is 17.5 Å². The van der Waals surface area contributed by atoms with E-state index in [2.05, 4.69) is 15.3 Å². The van der Waals surface area contributed by atoms with E-state index in [4.69, 9.17) is 10.00 Å². The Kier molecular flexibility index (Phi) is 6.12. The van der Waals surface area contributed by atoms with Crippen molar-refractivity contribution in [1.82, 2.24) is 9.97 Å². The Morgan fingerprint density at radius 1 is 1.60 bits per heavy atom. The lowest BCUT2D eigenvalue weighted by Crippen LogP contribution is -2.30. The molecule has 108 valence electrons. The molecule has 1 rings (SSSR count). The minimum Gasteiger partial charge on any atom is -0.383 e. The number of nitrogens with one attached hydrogen (secondary N) is 1. The van der Waals surface area contributed by atoms with Gasteiger partial charge in [-0.3, -0.25) is 10.1 Å². The number of rotatable bonds is 8. The standard InChI is InChI=1S/C11H16N6O3/c1-13-11-14-8-9(17(18)19)10(15-11)16(5-3-4-12)6-7-20-2/h8H,3,5-7H2,1-2H3,(H,13,14,15). The molecule has 0 bridgehead atoms. The second-order valence-electron chi connectivity index (χ2n) is 3.80. The van der Waals surface area contributed by atoms with Gasteiger partial charge < -0.3 is 15.0 Å². The molecule has 0 aromatic carbocycles. The molecule has 0 aliphatic carbocycles. The second-order valence-corrected chi connectivity index (χ2v) is 3.80. The highest BCUT2D eigenvalue weighted by Crippen LogP contribution is 2.26. The van der Waals surface area contributed by atoms with E-state index in [9.17, 15) is 10.1 Å². The summed E-state index contributed by atoms with van der Waals surface area (Å²) < 4.78 is 4.98. The number of anilines is 2. The molecule has 0 saturated heterocycles. The van der Waals surface area contributed by atoms with Crippen LogP contribution in [0.2, 0.25) is 0 Å². The van der Waals surface area contributed by atoms with Crippen molar-refractivity contribution in [3.63, 3.8) is 0 Å². The lowest BCUT2D eigenvalue weighted by Gasteiger charge is -2.22. The van der Waals surface area contributed by atoms with Gasteiger partial charge in [0.15, 0.2) is 0 Å². The molecule has 0 amide bonds. The van der Waals surface area contributed by atoms with Crippen LogP contribution in [0.15, 0.2) is 6.20 Å². The van der Waals surface area contributed by atoms with Gasteiger partial charge in [0.2, 0.25) is 11.8 Å². The third-order valence-electron chi connectivity index (χ3n) is 2.53. The number of nitrogens with zero attached hydrogens (tertiary/aromatic N) is 5. The molecule has 0 atom stereocenters. The van der Waals surface area contributed by atoms with Gasteiger partial charge in [-0.05, 0) is 0 Å². The van der Waals surface area contributed by atoms with Crippen LogP contribution in [-0.2, 0) is 4.74 Å². The van der Waals surface area contributed by atoms with Crippen molar-refractivity contribution in [3.8, 4) is 6.07 Å². The number of aromatic nitrogens is 2. The number of methoxy groups -OCH3 is 1. The topological polar surface area (TPSA) is 117 Å². The molecule has 0 fully saturated rings. The Morgan fingerprint density at radius 3 is 2.90 bits per heavy atom. The Bertz CT molecular complexity index is 501. The Morgan fingerprint density at radius 2 is 2.35 bits per heavy atom. The molecule has 20 heavy (non-hydrogen) atoms. The predicted octanol–water partition coefficient (Wildman–Crippen LogP) is 0.793. The van der Waals surface area contributed by atoms with Gasteiger partial charge in [-0.15, -0.1) is 0 Å². The molecule has 1 N–H and O–H groups in total. The third-order valence-corrected chi connectivity index (χ3v) is 2.53. The van der Waals surface area contributed by atoms with E-state index in [1.807, 2.05) is 6.07 Å². The van der Waals surface area contributed by atoms with E-state index >= 15 is 0 Å². The summed E-state index contributed by atoms with van der Waals surface area (Å²) in [6.07, 6.45) is 1.39. The van der Waals surface area contributed by atoms with Crippen molar-refractivity contribution in [2.75, 3.05) is 44.1 Å². The Hall–Kier alpha value is -2.47. The summed E-state index contributed by atoms with van der Waals surface area (Å²) in [4.78, 5) is 20.1. The molecule has 0 aliphatic rings. The average molecular weight is 280 g/mol. The van der Waals surface area contributed by atoms with E-state index in [1.54, 1.807) is 11.9 Å². The van der Waals surface area contributed by atoms with Crippen LogP contribution in [0.3, 0.4) is 0 Å². The molecule has 9 heteroatoms. The molecule has 9 nitrogen and oxygen atoms in total. The first-order valence-corrected chi connectivity index (χ1v) is 5.94. The molecular weight excluding hydrogens is 264 g/mol. The maximum Gasteiger partial charge on any atom is 0.329 e. The quantitative estimate of drug-likeness (QED) is 0.548. The van der Waals surface area contributed by atoms with Crippen molar-refractivity contribution in [3.05, 3.63) is 16.3 Å². The maximum atomic E-state index is 11.1. The molecule has 0 radical (unpaired) electrons. The van der Waals surface area contributed by atoms with Gasteiger partial charge in [-0.2, -0.15) is 10.2 Å². The minimum atomic E-state index is -0.541. The van der Waals surface area contributed by atoms with E-state index in [-0.39, 0.29) is 23.9 Å². The lowest BCUT2D eigenvalue weighted by atomic mass is 10.3. The zero-order valence-corrected chi connectivity index (χ0v) is 11.4. The number of hydrogen-bond acceptors (Lipinski definition) is 8. The van der Waals surface area contributed by atoms with Crippen LogP contribution in [-0.4, -0.2) is 48.7 Å². The fraction of sp³-hybridized carbons (Fsp3) is 0.545.